The Hall–Kier alpha value is -1.53. The van der Waals surface area contributed by atoms with Crippen molar-refractivity contribution >= 4 is 6.03 Å². The molecule has 1 fully saturated rings. The SMILES string of the molecule is COCC(C)NC(=O)N(Cc1ccco1)C1CCN(C)CC1. The first kappa shape index (κ1) is 16.8. The molecule has 2 heterocycles. The van der Waals surface area contributed by atoms with E-state index in [0.29, 0.717) is 13.2 Å². The van der Waals surface area contributed by atoms with Crippen LogP contribution >= 0.6 is 0 Å². The van der Waals surface area contributed by atoms with Gasteiger partial charge in [-0.25, -0.2) is 4.79 Å². The van der Waals surface area contributed by atoms with Gasteiger partial charge in [0.15, 0.2) is 0 Å². The topological polar surface area (TPSA) is 58.0 Å². The minimum absolute atomic E-state index is 0.0112. The van der Waals surface area contributed by atoms with E-state index >= 15 is 0 Å². The monoisotopic (exact) mass is 309 g/mol. The number of furan rings is 1. The van der Waals surface area contributed by atoms with Gasteiger partial charge in [-0.1, -0.05) is 0 Å². The lowest BCUT2D eigenvalue weighted by molar-refractivity contribution is 0.114. The summed E-state index contributed by atoms with van der Waals surface area (Å²) in [7, 11) is 3.76. The summed E-state index contributed by atoms with van der Waals surface area (Å²) in [6, 6.07) is 3.95. The van der Waals surface area contributed by atoms with Crippen molar-refractivity contribution in [1.82, 2.24) is 15.1 Å². The first-order valence-electron chi connectivity index (χ1n) is 7.87. The molecule has 6 heteroatoms. The van der Waals surface area contributed by atoms with Crippen LogP contribution in [0.2, 0.25) is 0 Å². The van der Waals surface area contributed by atoms with Gasteiger partial charge in [-0.3, -0.25) is 0 Å². The highest BCUT2D eigenvalue weighted by atomic mass is 16.5. The third-order valence-corrected chi connectivity index (χ3v) is 4.08. The van der Waals surface area contributed by atoms with Crippen LogP contribution in [0.15, 0.2) is 22.8 Å². The van der Waals surface area contributed by atoms with Crippen molar-refractivity contribution in [3.63, 3.8) is 0 Å². The van der Waals surface area contributed by atoms with E-state index in [1.54, 1.807) is 13.4 Å². The molecule has 124 valence electrons. The van der Waals surface area contributed by atoms with Gasteiger partial charge in [0.2, 0.25) is 0 Å². The van der Waals surface area contributed by atoms with Gasteiger partial charge in [0, 0.05) is 13.2 Å². The van der Waals surface area contributed by atoms with Crippen molar-refractivity contribution in [3.8, 4) is 0 Å². The number of methoxy groups -OCH3 is 1. The number of likely N-dealkylation sites (tertiary alicyclic amines) is 1. The summed E-state index contributed by atoms with van der Waals surface area (Å²) < 4.78 is 10.5. The molecule has 0 radical (unpaired) electrons. The number of nitrogens with zero attached hydrogens (tertiary/aromatic N) is 2. The summed E-state index contributed by atoms with van der Waals surface area (Å²) in [5, 5.41) is 3.01. The van der Waals surface area contributed by atoms with E-state index in [2.05, 4.69) is 17.3 Å². The predicted molar refractivity (Wildman–Crippen MR) is 84.6 cm³/mol. The Morgan fingerprint density at radius 3 is 2.86 bits per heavy atom. The summed E-state index contributed by atoms with van der Waals surface area (Å²) in [6.07, 6.45) is 3.63. The highest BCUT2D eigenvalue weighted by Gasteiger charge is 2.28. The van der Waals surface area contributed by atoms with Crippen LogP contribution in [-0.4, -0.2) is 61.8 Å². The number of amides is 2. The van der Waals surface area contributed by atoms with Gasteiger partial charge in [-0.05, 0) is 52.0 Å². The van der Waals surface area contributed by atoms with E-state index in [-0.39, 0.29) is 18.1 Å². The summed E-state index contributed by atoms with van der Waals surface area (Å²) in [5.74, 6) is 0.813. The average Bonchev–Trinajstić information content (AvgIpc) is 2.99. The van der Waals surface area contributed by atoms with Gasteiger partial charge >= 0.3 is 6.03 Å². The van der Waals surface area contributed by atoms with Crippen molar-refractivity contribution in [2.45, 2.75) is 38.4 Å². The first-order valence-corrected chi connectivity index (χ1v) is 7.87. The van der Waals surface area contributed by atoms with E-state index in [1.165, 1.54) is 0 Å². The minimum atomic E-state index is -0.0458. The Kier molecular flexibility index (Phi) is 6.27. The lowest BCUT2D eigenvalue weighted by Gasteiger charge is -2.37. The Bertz CT molecular complexity index is 441. The molecule has 6 nitrogen and oxygen atoms in total. The van der Waals surface area contributed by atoms with E-state index in [1.807, 2.05) is 24.0 Å². The molecule has 22 heavy (non-hydrogen) atoms. The number of ether oxygens (including phenoxy) is 1. The Morgan fingerprint density at radius 1 is 1.55 bits per heavy atom. The Morgan fingerprint density at radius 2 is 2.27 bits per heavy atom. The van der Waals surface area contributed by atoms with E-state index in [0.717, 1.165) is 31.7 Å². The Balaban J connectivity index is 2.02. The quantitative estimate of drug-likeness (QED) is 0.872. The average molecular weight is 309 g/mol. The Labute approximate surface area is 132 Å². The molecule has 0 aromatic carbocycles. The van der Waals surface area contributed by atoms with Gasteiger partial charge in [0.05, 0.1) is 25.5 Å². The summed E-state index contributed by atoms with van der Waals surface area (Å²) in [5.41, 5.74) is 0. The third kappa shape index (κ3) is 4.74. The maximum atomic E-state index is 12.6. The largest absolute Gasteiger partial charge is 0.467 e. The van der Waals surface area contributed by atoms with Crippen LogP contribution in [0.4, 0.5) is 4.79 Å². The maximum Gasteiger partial charge on any atom is 0.318 e. The molecule has 2 rings (SSSR count). The lowest BCUT2D eigenvalue weighted by atomic mass is 10.0. The van der Waals surface area contributed by atoms with E-state index in [4.69, 9.17) is 9.15 Å². The number of carbonyl (C=O) groups excluding carboxylic acids is 1. The molecule has 1 unspecified atom stereocenters. The number of nitrogens with one attached hydrogen (secondary N) is 1. The molecule has 0 aliphatic carbocycles. The van der Waals surface area contributed by atoms with Gasteiger partial charge in [0.1, 0.15) is 5.76 Å². The number of hydrogen-bond donors (Lipinski definition) is 1. The minimum Gasteiger partial charge on any atom is -0.467 e. The first-order chi connectivity index (χ1) is 10.6. The number of rotatable bonds is 6. The number of hydrogen-bond acceptors (Lipinski definition) is 4. The summed E-state index contributed by atoms with van der Waals surface area (Å²) >= 11 is 0. The fourth-order valence-electron chi connectivity index (χ4n) is 2.83. The molecule has 0 spiro atoms. The summed E-state index contributed by atoms with van der Waals surface area (Å²) in [4.78, 5) is 16.8. The zero-order valence-electron chi connectivity index (χ0n) is 13.7. The van der Waals surface area contributed by atoms with Crippen LogP contribution in [0, 0.1) is 0 Å². The second-order valence-electron chi connectivity index (χ2n) is 6.05. The van der Waals surface area contributed by atoms with Crippen molar-refractivity contribution in [2.75, 3.05) is 33.9 Å². The summed E-state index contributed by atoms with van der Waals surface area (Å²) in [6.45, 7) is 4.99. The fraction of sp³-hybridized carbons (Fsp3) is 0.688. The molecular weight excluding hydrogens is 282 g/mol. The zero-order valence-corrected chi connectivity index (χ0v) is 13.7. The number of urea groups is 1. The van der Waals surface area contributed by atoms with Crippen LogP contribution in [0.3, 0.4) is 0 Å². The predicted octanol–water partition coefficient (Wildman–Crippen LogP) is 1.92. The fourth-order valence-corrected chi connectivity index (χ4v) is 2.83. The van der Waals surface area contributed by atoms with Crippen LogP contribution < -0.4 is 5.32 Å². The van der Waals surface area contributed by atoms with Crippen molar-refractivity contribution in [1.29, 1.82) is 0 Å². The second-order valence-corrected chi connectivity index (χ2v) is 6.05. The number of carbonyl (C=O) groups is 1. The molecule has 1 aromatic heterocycles. The molecule has 1 aromatic rings. The molecule has 2 amide bonds. The molecule has 1 N–H and O–H groups in total. The smallest absolute Gasteiger partial charge is 0.318 e. The van der Waals surface area contributed by atoms with Crippen LogP contribution in [0.25, 0.3) is 0 Å². The number of piperidine rings is 1. The van der Waals surface area contributed by atoms with Crippen molar-refractivity contribution < 1.29 is 13.9 Å². The molecule has 1 atom stereocenters. The normalized spacial score (nSPS) is 18.1. The highest BCUT2D eigenvalue weighted by molar-refractivity contribution is 5.74. The van der Waals surface area contributed by atoms with Gasteiger partial charge in [-0.15, -0.1) is 0 Å². The lowest BCUT2D eigenvalue weighted by Crippen LogP contribution is -2.52. The third-order valence-electron chi connectivity index (χ3n) is 4.08. The van der Waals surface area contributed by atoms with Crippen LogP contribution in [0.1, 0.15) is 25.5 Å². The molecule has 1 aliphatic rings. The standard InChI is InChI=1S/C16H27N3O3/c1-13(12-21-3)17-16(20)19(11-15-5-4-10-22-15)14-6-8-18(2)9-7-14/h4-5,10,13-14H,6-9,11-12H2,1-3H3,(H,17,20). The van der Waals surface area contributed by atoms with Gasteiger partial charge in [-0.2, -0.15) is 0 Å². The molecule has 0 saturated carbocycles. The van der Waals surface area contributed by atoms with Gasteiger partial charge in [0.25, 0.3) is 0 Å². The van der Waals surface area contributed by atoms with Crippen molar-refractivity contribution in [3.05, 3.63) is 24.2 Å². The van der Waals surface area contributed by atoms with E-state index < -0.39 is 0 Å². The van der Waals surface area contributed by atoms with Crippen LogP contribution in [-0.2, 0) is 11.3 Å². The van der Waals surface area contributed by atoms with Gasteiger partial charge < -0.3 is 24.3 Å². The molecule has 1 saturated heterocycles. The molecule has 0 bridgehead atoms. The second kappa shape index (κ2) is 8.19. The maximum absolute atomic E-state index is 12.6. The highest BCUT2D eigenvalue weighted by Crippen LogP contribution is 2.19. The molecule has 1 aliphatic heterocycles. The van der Waals surface area contributed by atoms with Crippen molar-refractivity contribution in [2.24, 2.45) is 0 Å². The molecular formula is C16H27N3O3. The zero-order chi connectivity index (χ0) is 15.9. The van der Waals surface area contributed by atoms with Crippen LogP contribution in [0.5, 0.6) is 0 Å². The van der Waals surface area contributed by atoms with E-state index in [9.17, 15) is 4.79 Å².